The second-order valence-corrected chi connectivity index (χ2v) is 13.2. The zero-order valence-corrected chi connectivity index (χ0v) is 27.1. The molecular formula is C35H45N2O7P. The van der Waals surface area contributed by atoms with Crippen LogP contribution in [0.25, 0.3) is 11.1 Å². The van der Waals surface area contributed by atoms with Gasteiger partial charge in [0.2, 0.25) is 0 Å². The lowest BCUT2D eigenvalue weighted by Gasteiger charge is -2.19. The molecule has 1 aliphatic carbocycles. The van der Waals surface area contributed by atoms with Gasteiger partial charge in [0.15, 0.2) is 0 Å². The number of unbranched alkanes of at least 4 members (excludes halogenated alkanes) is 7. The number of ether oxygens (including phenoxy) is 1. The van der Waals surface area contributed by atoms with Crippen molar-refractivity contribution in [3.63, 3.8) is 0 Å². The predicted octanol–water partition coefficient (Wildman–Crippen LogP) is 8.54. The van der Waals surface area contributed by atoms with Gasteiger partial charge in [-0.2, -0.15) is 0 Å². The lowest BCUT2D eigenvalue weighted by molar-refractivity contribution is -0.139. The smallest absolute Gasteiger partial charge is 0.432 e. The number of rotatable bonds is 19. The molecule has 3 aromatic carbocycles. The second-order valence-electron chi connectivity index (χ2n) is 11.4. The molecule has 45 heavy (non-hydrogen) atoms. The Balaban J connectivity index is 1.24. The third-order valence-corrected chi connectivity index (χ3v) is 9.63. The van der Waals surface area contributed by atoms with E-state index in [2.05, 4.69) is 29.5 Å². The average molecular weight is 637 g/mol. The Bertz CT molecular complexity index is 1400. The number of anilines is 1. The molecule has 1 unspecified atom stereocenters. The monoisotopic (exact) mass is 636 g/mol. The van der Waals surface area contributed by atoms with Gasteiger partial charge in [0.05, 0.1) is 6.61 Å². The van der Waals surface area contributed by atoms with Gasteiger partial charge in [-0.25, -0.2) is 14.2 Å². The molecule has 1 aliphatic rings. The van der Waals surface area contributed by atoms with Gasteiger partial charge in [0.1, 0.15) is 12.6 Å². The summed E-state index contributed by atoms with van der Waals surface area (Å²) in [6.07, 6.45) is 8.44. The van der Waals surface area contributed by atoms with Gasteiger partial charge < -0.3 is 15.2 Å². The third kappa shape index (κ3) is 9.92. The van der Waals surface area contributed by atoms with Crippen molar-refractivity contribution in [1.82, 2.24) is 5.32 Å². The Labute approximate surface area is 266 Å². The first-order chi connectivity index (χ1) is 21.8. The second kappa shape index (κ2) is 17.2. The van der Waals surface area contributed by atoms with Crippen LogP contribution in [0, 0.1) is 0 Å². The van der Waals surface area contributed by atoms with Crippen molar-refractivity contribution in [3.8, 4) is 11.1 Å². The van der Waals surface area contributed by atoms with Crippen LogP contribution in [0.1, 0.15) is 80.9 Å². The number of alkyl carbamates (subject to hydrolysis) is 1. The van der Waals surface area contributed by atoms with Crippen LogP contribution in [0.15, 0.2) is 72.8 Å². The number of hydrogen-bond donors (Lipinski definition) is 3. The number of carbonyl (C=O) groups excluding carboxylic acids is 1. The van der Waals surface area contributed by atoms with E-state index in [0.717, 1.165) is 41.5 Å². The van der Waals surface area contributed by atoms with Gasteiger partial charge in [-0.05, 0) is 46.4 Å². The van der Waals surface area contributed by atoms with Crippen molar-refractivity contribution in [2.24, 2.45) is 0 Å². The molecule has 3 N–H and O–H groups in total. The Morgan fingerprint density at radius 1 is 0.844 bits per heavy atom. The van der Waals surface area contributed by atoms with Gasteiger partial charge in [0.25, 0.3) is 0 Å². The van der Waals surface area contributed by atoms with E-state index in [1.165, 1.54) is 39.2 Å². The Hall–Kier alpha value is -3.65. The van der Waals surface area contributed by atoms with E-state index in [9.17, 15) is 19.3 Å². The van der Waals surface area contributed by atoms with E-state index in [4.69, 9.17) is 13.8 Å². The maximum absolute atomic E-state index is 13.0. The summed E-state index contributed by atoms with van der Waals surface area (Å²) in [7, 11) is -2.21. The van der Waals surface area contributed by atoms with Crippen molar-refractivity contribution in [1.29, 1.82) is 0 Å². The van der Waals surface area contributed by atoms with Crippen molar-refractivity contribution < 1.29 is 33.0 Å². The average Bonchev–Trinajstić information content (AvgIpc) is 3.37. The number of amides is 1. The van der Waals surface area contributed by atoms with Gasteiger partial charge in [0, 0.05) is 25.1 Å². The highest BCUT2D eigenvalue weighted by Gasteiger charge is 2.30. The minimum absolute atomic E-state index is 0.0384. The lowest BCUT2D eigenvalue weighted by Crippen LogP contribution is -2.42. The van der Waals surface area contributed by atoms with E-state index >= 15 is 0 Å². The molecule has 0 heterocycles. The van der Waals surface area contributed by atoms with Crippen molar-refractivity contribution in [2.45, 2.75) is 76.7 Å². The molecule has 3 aromatic rings. The maximum atomic E-state index is 13.0. The largest absolute Gasteiger partial charge is 0.480 e. The predicted molar refractivity (Wildman–Crippen MR) is 177 cm³/mol. The number of nitrogens with one attached hydrogen (secondary N) is 2. The molecular weight excluding hydrogens is 591 g/mol. The van der Waals surface area contributed by atoms with Gasteiger partial charge >= 0.3 is 19.8 Å². The van der Waals surface area contributed by atoms with Gasteiger partial charge in [-0.3, -0.25) is 14.1 Å². The van der Waals surface area contributed by atoms with Crippen molar-refractivity contribution in [2.75, 3.05) is 25.4 Å². The van der Waals surface area contributed by atoms with Crippen molar-refractivity contribution in [3.05, 3.63) is 89.5 Å². The molecule has 1 amide bonds. The lowest BCUT2D eigenvalue weighted by atomic mass is 9.98. The van der Waals surface area contributed by atoms with Crippen LogP contribution >= 0.6 is 7.75 Å². The molecule has 0 radical (unpaired) electrons. The third-order valence-electron chi connectivity index (χ3n) is 8.09. The fourth-order valence-corrected chi connectivity index (χ4v) is 6.74. The van der Waals surface area contributed by atoms with Gasteiger partial charge in [-0.15, -0.1) is 0 Å². The van der Waals surface area contributed by atoms with Crippen LogP contribution < -0.4 is 10.4 Å². The summed E-state index contributed by atoms with van der Waals surface area (Å²) >= 11 is 0. The summed E-state index contributed by atoms with van der Waals surface area (Å²) in [6, 6.07) is 21.6. The van der Waals surface area contributed by atoms with E-state index in [1.807, 2.05) is 36.4 Å². The zero-order chi connectivity index (χ0) is 32.1. The molecule has 0 saturated heterocycles. The zero-order valence-electron chi connectivity index (χ0n) is 26.2. The first kappa shape index (κ1) is 34.2. The van der Waals surface area contributed by atoms with Crippen LogP contribution in [0.3, 0.4) is 0 Å². The topological polar surface area (TPSA) is 123 Å². The van der Waals surface area contributed by atoms with Crippen LogP contribution in [0.4, 0.5) is 10.5 Å². The fraction of sp³-hybridized carbons (Fsp3) is 0.429. The van der Waals surface area contributed by atoms with Crippen LogP contribution in [-0.2, 0) is 29.6 Å². The normalized spacial score (nSPS) is 14.2. The van der Waals surface area contributed by atoms with Crippen LogP contribution in [0.2, 0.25) is 0 Å². The first-order valence-corrected chi connectivity index (χ1v) is 17.4. The Kier molecular flexibility index (Phi) is 13.0. The van der Waals surface area contributed by atoms with Crippen LogP contribution in [-0.4, -0.2) is 43.5 Å². The van der Waals surface area contributed by atoms with E-state index < -0.39 is 25.9 Å². The van der Waals surface area contributed by atoms with Crippen molar-refractivity contribution >= 4 is 25.5 Å². The highest BCUT2D eigenvalue weighted by Crippen LogP contribution is 2.47. The number of aliphatic carboxylic acids is 1. The molecule has 2 atom stereocenters. The SMILES string of the molecule is CCCCCCCCCCOP(=O)(Nc1ccc(C[C@H](NC(=O)OCC2c3ccccc3-c3ccccc32)C(=O)O)cc1)OC. The minimum Gasteiger partial charge on any atom is -0.480 e. The summed E-state index contributed by atoms with van der Waals surface area (Å²) in [4.78, 5) is 24.7. The summed E-state index contributed by atoms with van der Waals surface area (Å²) in [5.74, 6) is -1.30. The molecule has 0 spiro atoms. The van der Waals surface area contributed by atoms with E-state index in [-0.39, 0.29) is 18.9 Å². The number of carboxylic acid groups (broad SMARTS) is 1. The molecule has 0 saturated carbocycles. The summed E-state index contributed by atoms with van der Waals surface area (Å²) < 4.78 is 29.3. The Morgan fingerprint density at radius 3 is 2.00 bits per heavy atom. The summed E-state index contributed by atoms with van der Waals surface area (Å²) in [6.45, 7) is 2.62. The molecule has 0 aromatic heterocycles. The molecule has 0 aliphatic heterocycles. The van der Waals surface area contributed by atoms with Crippen LogP contribution in [0.5, 0.6) is 0 Å². The maximum Gasteiger partial charge on any atom is 0.432 e. The quantitative estimate of drug-likeness (QED) is 0.0884. The standard InChI is InChI=1S/C35H45N2O7P/c1-3-4-5-6-7-8-9-14-23-44-45(41,42-2)37-27-21-19-26(20-22-27)24-33(34(38)39)36-35(40)43-25-32-30-17-12-10-15-28(30)29-16-11-13-18-31(29)32/h10-13,15-22,32-33H,3-9,14,23-25H2,1-2H3,(H,36,40)(H,37,41)(H,38,39)/t33-,45?/m0/s1. The summed E-state index contributed by atoms with van der Waals surface area (Å²) in [5.41, 5.74) is 5.55. The van der Waals surface area contributed by atoms with Gasteiger partial charge in [-0.1, -0.05) is 113 Å². The number of carbonyl (C=O) groups is 2. The molecule has 0 bridgehead atoms. The fourth-order valence-electron chi connectivity index (χ4n) is 5.64. The molecule has 9 nitrogen and oxygen atoms in total. The number of carboxylic acids is 1. The minimum atomic E-state index is -3.55. The molecule has 242 valence electrons. The highest BCUT2D eigenvalue weighted by atomic mass is 31.2. The first-order valence-electron chi connectivity index (χ1n) is 15.9. The number of fused-ring (bicyclic) bond motifs is 3. The molecule has 0 fully saturated rings. The van der Waals surface area contributed by atoms with E-state index in [1.54, 1.807) is 24.3 Å². The number of hydrogen-bond acceptors (Lipinski definition) is 6. The molecule has 4 rings (SSSR count). The van der Waals surface area contributed by atoms with E-state index in [0.29, 0.717) is 17.9 Å². The Morgan fingerprint density at radius 2 is 1.42 bits per heavy atom. The highest BCUT2D eigenvalue weighted by molar-refractivity contribution is 7.55. The number of benzene rings is 3. The summed E-state index contributed by atoms with van der Waals surface area (Å²) in [5, 5.41) is 15.1. The molecule has 10 heteroatoms.